The summed E-state index contributed by atoms with van der Waals surface area (Å²) in [4.78, 5) is 39.8. The number of primary amides is 1. The minimum atomic E-state index is -0.692. The number of carbonyl (C=O) groups excluding carboxylic acids is 3. The van der Waals surface area contributed by atoms with Gasteiger partial charge in [-0.3, -0.25) is 14.9 Å². The second-order valence-electron chi connectivity index (χ2n) is 5.53. The first kappa shape index (κ1) is 16.9. The van der Waals surface area contributed by atoms with Crippen LogP contribution in [0.25, 0.3) is 0 Å². The highest BCUT2D eigenvalue weighted by Crippen LogP contribution is 2.12. The molecular formula is C12H21N5O4. The molecular weight excluding hydrogens is 278 g/mol. The molecule has 0 aromatic carbocycles. The number of nitrogens with two attached hydrogens (primary N) is 1. The SMILES string of the molecule is CNC1CN(C(=O)OC(C)(C)C)C(=NCC(N)=O)NC1=O. The zero-order chi connectivity index (χ0) is 16.2. The number of rotatable bonds is 3. The fourth-order valence-corrected chi connectivity index (χ4v) is 1.59. The van der Waals surface area contributed by atoms with E-state index >= 15 is 0 Å². The summed E-state index contributed by atoms with van der Waals surface area (Å²) < 4.78 is 5.25. The van der Waals surface area contributed by atoms with Gasteiger partial charge in [-0.25, -0.2) is 14.7 Å². The third kappa shape index (κ3) is 5.03. The smallest absolute Gasteiger partial charge is 0.417 e. The Morgan fingerprint density at radius 1 is 1.52 bits per heavy atom. The Morgan fingerprint density at radius 3 is 2.62 bits per heavy atom. The third-order valence-corrected chi connectivity index (χ3v) is 2.52. The molecule has 0 bridgehead atoms. The Labute approximate surface area is 122 Å². The quantitative estimate of drug-likeness (QED) is 0.602. The average molecular weight is 299 g/mol. The van der Waals surface area contributed by atoms with Crippen molar-refractivity contribution in [3.8, 4) is 0 Å². The van der Waals surface area contributed by atoms with E-state index in [0.29, 0.717) is 0 Å². The molecule has 9 nitrogen and oxygen atoms in total. The fourth-order valence-electron chi connectivity index (χ4n) is 1.59. The number of hydrogen-bond donors (Lipinski definition) is 3. The van der Waals surface area contributed by atoms with Crippen molar-refractivity contribution in [2.75, 3.05) is 20.1 Å². The van der Waals surface area contributed by atoms with E-state index in [2.05, 4.69) is 15.6 Å². The topological polar surface area (TPSA) is 126 Å². The highest BCUT2D eigenvalue weighted by molar-refractivity contribution is 6.07. The second kappa shape index (κ2) is 6.53. The van der Waals surface area contributed by atoms with Crippen LogP contribution in [0.15, 0.2) is 4.99 Å². The molecule has 1 aliphatic heterocycles. The van der Waals surface area contributed by atoms with Gasteiger partial charge in [0.25, 0.3) is 0 Å². The van der Waals surface area contributed by atoms with E-state index in [0.717, 1.165) is 4.90 Å². The number of ether oxygens (including phenoxy) is 1. The number of aliphatic imine (C=N–C) groups is 1. The van der Waals surface area contributed by atoms with Crippen LogP contribution in [0.4, 0.5) is 4.79 Å². The molecule has 4 N–H and O–H groups in total. The van der Waals surface area contributed by atoms with Crippen molar-refractivity contribution in [1.82, 2.24) is 15.5 Å². The normalized spacial score (nSPS) is 21.1. The summed E-state index contributed by atoms with van der Waals surface area (Å²) in [5.41, 5.74) is 4.32. The lowest BCUT2D eigenvalue weighted by Gasteiger charge is -2.34. The predicted octanol–water partition coefficient (Wildman–Crippen LogP) is -1.22. The number of hydrogen-bond acceptors (Lipinski definition) is 6. The minimum Gasteiger partial charge on any atom is -0.443 e. The van der Waals surface area contributed by atoms with Crippen LogP contribution < -0.4 is 16.4 Å². The van der Waals surface area contributed by atoms with Gasteiger partial charge in [0.15, 0.2) is 0 Å². The van der Waals surface area contributed by atoms with E-state index < -0.39 is 23.6 Å². The zero-order valence-corrected chi connectivity index (χ0v) is 12.6. The molecule has 1 atom stereocenters. The first-order valence-electron chi connectivity index (χ1n) is 6.45. The van der Waals surface area contributed by atoms with Crippen LogP contribution in [0.3, 0.4) is 0 Å². The maximum Gasteiger partial charge on any atom is 0.417 e. The lowest BCUT2D eigenvalue weighted by molar-refractivity contribution is -0.123. The molecule has 1 fully saturated rings. The number of nitrogens with zero attached hydrogens (tertiary/aromatic N) is 2. The lowest BCUT2D eigenvalue weighted by Crippen LogP contribution is -2.63. The largest absolute Gasteiger partial charge is 0.443 e. The van der Waals surface area contributed by atoms with Crippen LogP contribution in [0.5, 0.6) is 0 Å². The van der Waals surface area contributed by atoms with Gasteiger partial charge in [-0.2, -0.15) is 0 Å². The average Bonchev–Trinajstić information content (AvgIpc) is 2.34. The molecule has 1 unspecified atom stereocenters. The van der Waals surface area contributed by atoms with E-state index in [1.807, 2.05) is 0 Å². The molecule has 0 aliphatic carbocycles. The molecule has 1 saturated heterocycles. The molecule has 1 rings (SSSR count). The van der Waals surface area contributed by atoms with Gasteiger partial charge in [-0.1, -0.05) is 0 Å². The van der Waals surface area contributed by atoms with Crippen molar-refractivity contribution in [3.05, 3.63) is 0 Å². The zero-order valence-electron chi connectivity index (χ0n) is 12.6. The lowest BCUT2D eigenvalue weighted by atomic mass is 10.2. The van der Waals surface area contributed by atoms with E-state index in [4.69, 9.17) is 10.5 Å². The van der Waals surface area contributed by atoms with Crippen molar-refractivity contribution in [2.45, 2.75) is 32.4 Å². The van der Waals surface area contributed by atoms with Gasteiger partial charge < -0.3 is 15.8 Å². The molecule has 0 radical (unpaired) electrons. The van der Waals surface area contributed by atoms with Gasteiger partial charge >= 0.3 is 6.09 Å². The van der Waals surface area contributed by atoms with Gasteiger partial charge in [0.2, 0.25) is 17.8 Å². The molecule has 1 aliphatic rings. The van der Waals surface area contributed by atoms with Crippen LogP contribution in [-0.4, -0.2) is 60.5 Å². The first-order valence-corrected chi connectivity index (χ1v) is 6.45. The second-order valence-corrected chi connectivity index (χ2v) is 5.53. The fraction of sp³-hybridized carbons (Fsp3) is 0.667. The molecule has 0 aromatic heterocycles. The molecule has 9 heteroatoms. The van der Waals surface area contributed by atoms with Gasteiger partial charge in [-0.05, 0) is 27.8 Å². The summed E-state index contributed by atoms with van der Waals surface area (Å²) >= 11 is 0. The van der Waals surface area contributed by atoms with Crippen LogP contribution in [0.2, 0.25) is 0 Å². The molecule has 0 saturated carbocycles. The maximum absolute atomic E-state index is 12.2. The van der Waals surface area contributed by atoms with Crippen molar-refractivity contribution >= 4 is 23.9 Å². The van der Waals surface area contributed by atoms with Gasteiger partial charge in [0.1, 0.15) is 18.2 Å². The van der Waals surface area contributed by atoms with Crippen molar-refractivity contribution in [1.29, 1.82) is 0 Å². The first-order chi connectivity index (χ1) is 9.64. The third-order valence-electron chi connectivity index (χ3n) is 2.52. The number of likely N-dealkylation sites (N-methyl/N-ethyl adjacent to an activating group) is 1. The predicted molar refractivity (Wildman–Crippen MR) is 75.4 cm³/mol. The number of nitrogens with one attached hydrogen (secondary N) is 2. The Balaban J connectivity index is 2.96. The molecule has 0 spiro atoms. The Hall–Kier alpha value is -2.16. The molecule has 21 heavy (non-hydrogen) atoms. The van der Waals surface area contributed by atoms with E-state index in [1.54, 1.807) is 27.8 Å². The van der Waals surface area contributed by atoms with Crippen LogP contribution in [-0.2, 0) is 14.3 Å². The Morgan fingerprint density at radius 2 is 2.14 bits per heavy atom. The van der Waals surface area contributed by atoms with Crippen LogP contribution in [0.1, 0.15) is 20.8 Å². The number of guanidine groups is 1. The van der Waals surface area contributed by atoms with Crippen molar-refractivity contribution in [3.63, 3.8) is 0 Å². The molecule has 1 heterocycles. The van der Waals surface area contributed by atoms with Crippen molar-refractivity contribution in [2.24, 2.45) is 10.7 Å². The van der Waals surface area contributed by atoms with Crippen LogP contribution >= 0.6 is 0 Å². The summed E-state index contributed by atoms with van der Waals surface area (Å²) in [5.74, 6) is -1.06. The summed E-state index contributed by atoms with van der Waals surface area (Å²) in [7, 11) is 1.60. The minimum absolute atomic E-state index is 0.0421. The van der Waals surface area contributed by atoms with Gasteiger partial charge in [-0.15, -0.1) is 0 Å². The highest BCUT2D eigenvalue weighted by Gasteiger charge is 2.35. The summed E-state index contributed by atoms with van der Waals surface area (Å²) in [6, 6.07) is -0.593. The van der Waals surface area contributed by atoms with E-state index in [-0.39, 0.29) is 25.0 Å². The van der Waals surface area contributed by atoms with E-state index in [1.165, 1.54) is 0 Å². The Kier molecular flexibility index (Phi) is 5.25. The monoisotopic (exact) mass is 299 g/mol. The summed E-state index contributed by atoms with van der Waals surface area (Å²) in [5, 5.41) is 5.23. The summed E-state index contributed by atoms with van der Waals surface area (Å²) in [6.45, 7) is 4.89. The molecule has 118 valence electrons. The molecule has 3 amide bonds. The van der Waals surface area contributed by atoms with E-state index in [9.17, 15) is 14.4 Å². The van der Waals surface area contributed by atoms with Gasteiger partial charge in [0, 0.05) is 0 Å². The summed E-state index contributed by atoms with van der Waals surface area (Å²) in [6.07, 6.45) is -0.661. The van der Waals surface area contributed by atoms with Crippen molar-refractivity contribution < 1.29 is 19.1 Å². The molecule has 0 aromatic rings. The maximum atomic E-state index is 12.2. The number of amides is 3. The van der Waals surface area contributed by atoms with Gasteiger partial charge in [0.05, 0.1) is 6.54 Å². The van der Waals surface area contributed by atoms with Crippen LogP contribution in [0, 0.1) is 0 Å². The Bertz CT molecular complexity index is 469. The number of carbonyl (C=O) groups is 3. The highest BCUT2D eigenvalue weighted by atomic mass is 16.6. The standard InChI is InChI=1S/C12H21N5O4/c1-12(2,3)21-11(20)17-6-7(14-4)9(19)16-10(17)15-5-8(13)18/h7,14H,5-6H2,1-4H3,(H2,13,18)(H,15,16,19).